The van der Waals surface area contributed by atoms with Crippen LogP contribution in [0.15, 0.2) is 84.2 Å². The monoisotopic (exact) mass is 428 g/mol. The number of hydrogen-bond acceptors (Lipinski definition) is 5. The van der Waals surface area contributed by atoms with Crippen LogP contribution in [0.5, 0.6) is 5.75 Å². The molecule has 0 aliphatic carbocycles. The standard InChI is InChI=1S/C26H28N4O2/c1-29-24-8-3-2-7-23(24)25(18-26(29)31)32-17-5-15-30(20-22-9-13-27-14-10-22)16-11-21-6-4-12-28-19-21/h2-4,6-10,12-14,18-19H,5,11,15-17,20H2,1H3. The van der Waals surface area contributed by atoms with Crippen LogP contribution in [0.4, 0.5) is 0 Å². The average molecular weight is 429 g/mol. The van der Waals surface area contributed by atoms with Crippen molar-refractivity contribution in [1.29, 1.82) is 0 Å². The Bertz CT molecular complexity index is 1190. The van der Waals surface area contributed by atoms with E-state index in [2.05, 4.69) is 33.1 Å². The van der Waals surface area contributed by atoms with Crippen molar-refractivity contribution < 1.29 is 4.74 Å². The Hall–Kier alpha value is -3.51. The lowest BCUT2D eigenvalue weighted by molar-refractivity contribution is 0.230. The van der Waals surface area contributed by atoms with Gasteiger partial charge in [0.15, 0.2) is 0 Å². The zero-order valence-electron chi connectivity index (χ0n) is 18.4. The maximum Gasteiger partial charge on any atom is 0.254 e. The molecule has 3 heterocycles. The molecule has 0 amide bonds. The van der Waals surface area contributed by atoms with E-state index in [0.717, 1.165) is 43.4 Å². The van der Waals surface area contributed by atoms with Crippen LogP contribution in [0.3, 0.4) is 0 Å². The lowest BCUT2D eigenvalue weighted by atomic mass is 10.2. The van der Waals surface area contributed by atoms with Crippen LogP contribution >= 0.6 is 0 Å². The molecule has 3 aromatic heterocycles. The normalized spacial score (nSPS) is 11.2. The Labute approximate surface area is 188 Å². The van der Waals surface area contributed by atoms with E-state index in [1.165, 1.54) is 11.1 Å². The van der Waals surface area contributed by atoms with E-state index in [4.69, 9.17) is 4.74 Å². The number of nitrogens with zero attached hydrogens (tertiary/aromatic N) is 4. The molecule has 4 aromatic rings. The van der Waals surface area contributed by atoms with Crippen LogP contribution in [0.2, 0.25) is 0 Å². The topological polar surface area (TPSA) is 60.2 Å². The lowest BCUT2D eigenvalue weighted by Crippen LogP contribution is -2.28. The van der Waals surface area contributed by atoms with Gasteiger partial charge in [-0.05, 0) is 54.3 Å². The summed E-state index contributed by atoms with van der Waals surface area (Å²) < 4.78 is 7.71. The quantitative estimate of drug-likeness (QED) is 0.359. The van der Waals surface area contributed by atoms with E-state index in [1.807, 2.05) is 48.9 Å². The summed E-state index contributed by atoms with van der Waals surface area (Å²) in [7, 11) is 1.79. The second kappa shape index (κ2) is 10.7. The molecule has 0 aliphatic heterocycles. The molecule has 6 heteroatoms. The Balaban J connectivity index is 1.38. The van der Waals surface area contributed by atoms with Gasteiger partial charge in [0.2, 0.25) is 0 Å². The van der Waals surface area contributed by atoms with Gasteiger partial charge in [-0.3, -0.25) is 19.7 Å². The van der Waals surface area contributed by atoms with E-state index in [1.54, 1.807) is 23.9 Å². The molecule has 1 aromatic carbocycles. The van der Waals surface area contributed by atoms with Crippen molar-refractivity contribution in [2.45, 2.75) is 19.4 Å². The predicted molar refractivity (Wildman–Crippen MR) is 127 cm³/mol. The molecule has 164 valence electrons. The van der Waals surface area contributed by atoms with Crippen LogP contribution < -0.4 is 10.3 Å². The molecule has 0 N–H and O–H groups in total. The number of aryl methyl sites for hydroxylation is 1. The third-order valence-electron chi connectivity index (χ3n) is 5.59. The molecule has 6 nitrogen and oxygen atoms in total. The summed E-state index contributed by atoms with van der Waals surface area (Å²) in [5.74, 6) is 0.653. The fourth-order valence-electron chi connectivity index (χ4n) is 3.82. The number of benzene rings is 1. The zero-order valence-corrected chi connectivity index (χ0v) is 18.4. The summed E-state index contributed by atoms with van der Waals surface area (Å²) in [6, 6.07) is 17.6. The summed E-state index contributed by atoms with van der Waals surface area (Å²) in [6.45, 7) is 3.24. The Morgan fingerprint density at radius 1 is 0.938 bits per heavy atom. The van der Waals surface area contributed by atoms with Crippen molar-refractivity contribution in [2.24, 2.45) is 7.05 Å². The molecule has 32 heavy (non-hydrogen) atoms. The highest BCUT2D eigenvalue weighted by atomic mass is 16.5. The minimum Gasteiger partial charge on any atom is -0.493 e. The summed E-state index contributed by atoms with van der Waals surface area (Å²) >= 11 is 0. The van der Waals surface area contributed by atoms with Gasteiger partial charge in [-0.2, -0.15) is 0 Å². The van der Waals surface area contributed by atoms with E-state index in [-0.39, 0.29) is 5.56 Å². The highest BCUT2D eigenvalue weighted by Gasteiger charge is 2.10. The van der Waals surface area contributed by atoms with E-state index < -0.39 is 0 Å². The van der Waals surface area contributed by atoms with Gasteiger partial charge in [-0.25, -0.2) is 0 Å². The fraction of sp³-hybridized carbons (Fsp3) is 0.269. The smallest absolute Gasteiger partial charge is 0.254 e. The van der Waals surface area contributed by atoms with Gasteiger partial charge >= 0.3 is 0 Å². The number of hydrogen-bond donors (Lipinski definition) is 0. The van der Waals surface area contributed by atoms with Crippen molar-refractivity contribution in [2.75, 3.05) is 19.7 Å². The van der Waals surface area contributed by atoms with Gasteiger partial charge in [0, 0.05) is 62.9 Å². The molecular formula is C26H28N4O2. The fourth-order valence-corrected chi connectivity index (χ4v) is 3.82. The third kappa shape index (κ3) is 5.59. The lowest BCUT2D eigenvalue weighted by Gasteiger charge is -2.22. The molecule has 4 rings (SSSR count). The highest BCUT2D eigenvalue weighted by molar-refractivity contribution is 5.85. The number of para-hydroxylation sites is 1. The molecule has 0 unspecified atom stereocenters. The first kappa shape index (κ1) is 21.7. The number of aromatic nitrogens is 3. The molecule has 0 saturated carbocycles. The SMILES string of the molecule is Cn1c(=O)cc(OCCCN(CCc2cccnc2)Cc2ccncc2)c2ccccc21. The van der Waals surface area contributed by atoms with Crippen LogP contribution in [-0.4, -0.2) is 39.1 Å². The molecule has 0 atom stereocenters. The average Bonchev–Trinajstić information content (AvgIpc) is 2.84. The van der Waals surface area contributed by atoms with E-state index >= 15 is 0 Å². The molecule has 0 saturated heterocycles. The molecule has 0 radical (unpaired) electrons. The minimum absolute atomic E-state index is 0.0607. The number of ether oxygens (including phenoxy) is 1. The van der Waals surface area contributed by atoms with E-state index in [0.29, 0.717) is 12.4 Å². The first-order chi connectivity index (χ1) is 15.7. The second-order valence-electron chi connectivity index (χ2n) is 7.87. The highest BCUT2D eigenvalue weighted by Crippen LogP contribution is 2.23. The van der Waals surface area contributed by atoms with Gasteiger partial charge in [0.1, 0.15) is 5.75 Å². The van der Waals surface area contributed by atoms with Crippen LogP contribution in [0, 0.1) is 0 Å². The van der Waals surface area contributed by atoms with Gasteiger partial charge in [0.05, 0.1) is 12.1 Å². The molecule has 0 aliphatic rings. The van der Waals surface area contributed by atoms with Gasteiger partial charge in [0.25, 0.3) is 5.56 Å². The van der Waals surface area contributed by atoms with Crippen molar-refractivity contribution in [3.8, 4) is 5.75 Å². The van der Waals surface area contributed by atoms with Crippen molar-refractivity contribution in [3.05, 3.63) is 101 Å². The van der Waals surface area contributed by atoms with Crippen LogP contribution in [0.1, 0.15) is 17.5 Å². The Kier molecular flexibility index (Phi) is 7.25. The van der Waals surface area contributed by atoms with Crippen molar-refractivity contribution >= 4 is 10.9 Å². The summed E-state index contributed by atoms with van der Waals surface area (Å²) in [6.07, 6.45) is 9.20. The maximum absolute atomic E-state index is 12.3. The second-order valence-corrected chi connectivity index (χ2v) is 7.87. The van der Waals surface area contributed by atoms with Crippen molar-refractivity contribution in [1.82, 2.24) is 19.4 Å². The van der Waals surface area contributed by atoms with Gasteiger partial charge in [-0.15, -0.1) is 0 Å². The summed E-state index contributed by atoms with van der Waals surface area (Å²) in [4.78, 5) is 23.0. The molecule has 0 bridgehead atoms. The maximum atomic E-state index is 12.3. The summed E-state index contributed by atoms with van der Waals surface area (Å²) in [5, 5.41) is 0.958. The zero-order chi connectivity index (χ0) is 22.2. The van der Waals surface area contributed by atoms with E-state index in [9.17, 15) is 4.79 Å². The number of fused-ring (bicyclic) bond motifs is 1. The minimum atomic E-state index is -0.0607. The largest absolute Gasteiger partial charge is 0.493 e. The van der Waals surface area contributed by atoms with Gasteiger partial charge < -0.3 is 9.30 Å². The number of rotatable bonds is 10. The van der Waals surface area contributed by atoms with Crippen molar-refractivity contribution in [3.63, 3.8) is 0 Å². The first-order valence-electron chi connectivity index (χ1n) is 10.9. The molecular weight excluding hydrogens is 400 g/mol. The van der Waals surface area contributed by atoms with Crippen LogP contribution in [-0.2, 0) is 20.0 Å². The Morgan fingerprint density at radius 3 is 2.59 bits per heavy atom. The van der Waals surface area contributed by atoms with Crippen LogP contribution in [0.25, 0.3) is 10.9 Å². The predicted octanol–water partition coefficient (Wildman–Crippen LogP) is 3.84. The Morgan fingerprint density at radius 2 is 1.78 bits per heavy atom. The third-order valence-corrected chi connectivity index (χ3v) is 5.59. The van der Waals surface area contributed by atoms with Gasteiger partial charge in [-0.1, -0.05) is 18.2 Å². The molecule has 0 spiro atoms. The first-order valence-corrected chi connectivity index (χ1v) is 10.9. The number of pyridine rings is 3. The molecule has 0 fully saturated rings. The summed E-state index contributed by atoms with van der Waals surface area (Å²) in [5.41, 5.74) is 3.29.